The number of carbonyl (C=O) groups excluding carboxylic acids is 2. The Hall–Kier alpha value is -2.41. The van der Waals surface area contributed by atoms with E-state index >= 15 is 0 Å². The molecule has 0 saturated carbocycles. The fourth-order valence-corrected chi connectivity index (χ4v) is 2.14. The van der Waals surface area contributed by atoms with Crippen molar-refractivity contribution in [3.05, 3.63) is 40.9 Å². The minimum Gasteiger partial charge on any atom is -0.497 e. The second-order valence-corrected chi connectivity index (χ2v) is 4.57. The van der Waals surface area contributed by atoms with Gasteiger partial charge >= 0.3 is 6.09 Å². The molecule has 0 aliphatic heterocycles. The maximum absolute atomic E-state index is 12.2. The van der Waals surface area contributed by atoms with Crippen molar-refractivity contribution in [2.24, 2.45) is 0 Å². The summed E-state index contributed by atoms with van der Waals surface area (Å²) >= 11 is 1.16. The number of amides is 1. The zero-order valence-corrected chi connectivity index (χ0v) is 11.7. The molecule has 104 valence electrons. The molecular weight excluding hydrogens is 280 g/mol. The first kappa shape index (κ1) is 14.0. The smallest absolute Gasteiger partial charge is 0.413 e. The Balaban J connectivity index is 2.14. The summed E-state index contributed by atoms with van der Waals surface area (Å²) in [5.74, 6) is 0.453. The Morgan fingerprint density at radius 2 is 1.90 bits per heavy atom. The van der Waals surface area contributed by atoms with Crippen LogP contribution in [-0.2, 0) is 4.74 Å². The molecule has 1 aromatic heterocycles. The molecule has 1 amide bonds. The van der Waals surface area contributed by atoms with Gasteiger partial charge in [0.05, 0.1) is 14.2 Å². The highest BCUT2D eigenvalue weighted by molar-refractivity contribution is 7.14. The second-order valence-electron chi connectivity index (χ2n) is 3.71. The summed E-state index contributed by atoms with van der Waals surface area (Å²) < 4.78 is 9.48. The van der Waals surface area contributed by atoms with E-state index < -0.39 is 6.09 Å². The van der Waals surface area contributed by atoms with Gasteiger partial charge in [-0.05, 0) is 24.3 Å². The molecule has 7 heteroatoms. The first-order valence-electron chi connectivity index (χ1n) is 5.63. The van der Waals surface area contributed by atoms with E-state index in [1.807, 2.05) is 0 Å². The van der Waals surface area contributed by atoms with Crippen molar-refractivity contribution < 1.29 is 19.1 Å². The summed E-state index contributed by atoms with van der Waals surface area (Å²) in [5.41, 5.74) is 0.771. The van der Waals surface area contributed by atoms with Crippen LogP contribution in [-0.4, -0.2) is 31.1 Å². The van der Waals surface area contributed by atoms with Gasteiger partial charge in [-0.2, -0.15) is 0 Å². The number of aromatic nitrogens is 1. The molecular formula is C13H12N2O4S. The van der Waals surface area contributed by atoms with Crippen LogP contribution in [0.25, 0.3) is 0 Å². The lowest BCUT2D eigenvalue weighted by atomic mass is 10.1. The SMILES string of the molecule is COC(=O)Nc1nc(C(=O)c2ccc(OC)cc2)cs1. The van der Waals surface area contributed by atoms with Crippen molar-refractivity contribution in [1.29, 1.82) is 0 Å². The highest BCUT2D eigenvalue weighted by Crippen LogP contribution is 2.19. The number of thiazole rings is 1. The molecule has 6 nitrogen and oxygen atoms in total. The van der Waals surface area contributed by atoms with Crippen LogP contribution in [0.4, 0.5) is 9.93 Å². The number of hydrogen-bond acceptors (Lipinski definition) is 6. The molecule has 0 saturated heterocycles. The largest absolute Gasteiger partial charge is 0.497 e. The summed E-state index contributed by atoms with van der Waals surface area (Å²) in [6.45, 7) is 0. The second kappa shape index (κ2) is 6.16. The van der Waals surface area contributed by atoms with Gasteiger partial charge in [-0.15, -0.1) is 11.3 Å². The van der Waals surface area contributed by atoms with Gasteiger partial charge in [-0.3, -0.25) is 10.1 Å². The summed E-state index contributed by atoms with van der Waals surface area (Å²) in [7, 11) is 2.81. The predicted octanol–water partition coefficient (Wildman–Crippen LogP) is 2.56. The lowest BCUT2D eigenvalue weighted by Crippen LogP contribution is -2.11. The fourth-order valence-electron chi connectivity index (χ4n) is 1.46. The first-order chi connectivity index (χ1) is 9.63. The summed E-state index contributed by atoms with van der Waals surface area (Å²) in [6, 6.07) is 6.72. The average Bonchev–Trinajstić information content (AvgIpc) is 2.95. The van der Waals surface area contributed by atoms with Gasteiger partial charge in [0.25, 0.3) is 0 Å². The van der Waals surface area contributed by atoms with E-state index in [4.69, 9.17) is 4.74 Å². The molecule has 0 fully saturated rings. The van der Waals surface area contributed by atoms with Gasteiger partial charge in [0.2, 0.25) is 5.78 Å². The number of nitrogens with zero attached hydrogens (tertiary/aromatic N) is 1. The lowest BCUT2D eigenvalue weighted by molar-refractivity contribution is 0.103. The molecule has 0 bridgehead atoms. The molecule has 1 aromatic carbocycles. The zero-order chi connectivity index (χ0) is 14.5. The Morgan fingerprint density at radius 1 is 1.20 bits per heavy atom. The molecule has 0 aliphatic carbocycles. The molecule has 0 atom stereocenters. The minimum absolute atomic E-state index is 0.221. The van der Waals surface area contributed by atoms with Crippen LogP contribution in [0, 0.1) is 0 Å². The molecule has 2 aromatic rings. The molecule has 20 heavy (non-hydrogen) atoms. The first-order valence-corrected chi connectivity index (χ1v) is 6.51. The van der Waals surface area contributed by atoms with E-state index in [9.17, 15) is 9.59 Å². The topological polar surface area (TPSA) is 77.5 Å². The van der Waals surface area contributed by atoms with Crippen LogP contribution >= 0.6 is 11.3 Å². The maximum Gasteiger partial charge on any atom is 0.413 e. The van der Waals surface area contributed by atoms with Crippen molar-refractivity contribution in [2.75, 3.05) is 19.5 Å². The van der Waals surface area contributed by atoms with Crippen LogP contribution in [0.15, 0.2) is 29.6 Å². The van der Waals surface area contributed by atoms with E-state index in [0.717, 1.165) is 11.3 Å². The normalized spacial score (nSPS) is 9.90. The number of ether oxygens (including phenoxy) is 2. The van der Waals surface area contributed by atoms with Gasteiger partial charge in [0, 0.05) is 10.9 Å². The number of carbonyl (C=O) groups is 2. The van der Waals surface area contributed by atoms with E-state index in [1.165, 1.54) is 7.11 Å². The van der Waals surface area contributed by atoms with Crippen molar-refractivity contribution in [2.45, 2.75) is 0 Å². The Morgan fingerprint density at radius 3 is 2.50 bits per heavy atom. The third-order valence-electron chi connectivity index (χ3n) is 2.48. The number of anilines is 1. The molecule has 1 N–H and O–H groups in total. The van der Waals surface area contributed by atoms with E-state index in [-0.39, 0.29) is 11.5 Å². The quantitative estimate of drug-likeness (QED) is 0.876. The van der Waals surface area contributed by atoms with Crippen LogP contribution in [0.3, 0.4) is 0 Å². The fraction of sp³-hybridized carbons (Fsp3) is 0.154. The Kier molecular flexibility index (Phi) is 4.31. The molecule has 0 radical (unpaired) electrons. The molecule has 0 aliphatic rings. The standard InChI is InChI=1S/C13H12N2O4S/c1-18-9-5-3-8(4-6-9)11(16)10-7-20-12(14-10)15-13(17)19-2/h3-7H,1-2H3,(H,14,15,17). The molecule has 0 unspecified atom stereocenters. The van der Waals surface area contributed by atoms with Gasteiger partial charge in [-0.1, -0.05) is 0 Å². The zero-order valence-electron chi connectivity index (χ0n) is 10.9. The summed E-state index contributed by atoms with van der Waals surface area (Å²) in [6.07, 6.45) is -0.622. The Labute approximate surface area is 119 Å². The van der Waals surface area contributed by atoms with Crippen molar-refractivity contribution in [3.63, 3.8) is 0 Å². The summed E-state index contributed by atoms with van der Waals surface area (Å²) in [4.78, 5) is 27.3. The van der Waals surface area contributed by atoms with E-state index in [0.29, 0.717) is 16.4 Å². The number of nitrogens with one attached hydrogen (secondary N) is 1. The van der Waals surface area contributed by atoms with Crippen molar-refractivity contribution in [1.82, 2.24) is 4.98 Å². The van der Waals surface area contributed by atoms with Crippen molar-refractivity contribution >= 4 is 28.3 Å². The highest BCUT2D eigenvalue weighted by Gasteiger charge is 2.14. The van der Waals surface area contributed by atoms with Gasteiger partial charge in [0.1, 0.15) is 11.4 Å². The summed E-state index contributed by atoms with van der Waals surface area (Å²) in [5, 5.41) is 4.31. The number of ketones is 1. The highest BCUT2D eigenvalue weighted by atomic mass is 32.1. The van der Waals surface area contributed by atoms with Gasteiger partial charge in [-0.25, -0.2) is 9.78 Å². The van der Waals surface area contributed by atoms with Gasteiger partial charge in [0.15, 0.2) is 5.13 Å². The minimum atomic E-state index is -0.622. The molecule has 1 heterocycles. The van der Waals surface area contributed by atoms with Crippen molar-refractivity contribution in [3.8, 4) is 5.75 Å². The van der Waals surface area contributed by atoms with Crippen LogP contribution in [0.2, 0.25) is 0 Å². The molecule has 0 spiro atoms. The third-order valence-corrected chi connectivity index (χ3v) is 3.24. The molecule has 2 rings (SSSR count). The van der Waals surface area contributed by atoms with Crippen LogP contribution < -0.4 is 10.1 Å². The monoisotopic (exact) mass is 292 g/mol. The average molecular weight is 292 g/mol. The van der Waals surface area contributed by atoms with Crippen LogP contribution in [0.5, 0.6) is 5.75 Å². The van der Waals surface area contributed by atoms with E-state index in [1.54, 1.807) is 36.8 Å². The lowest BCUT2D eigenvalue weighted by Gasteiger charge is -2.01. The number of rotatable bonds is 4. The van der Waals surface area contributed by atoms with E-state index in [2.05, 4.69) is 15.0 Å². The van der Waals surface area contributed by atoms with Crippen LogP contribution in [0.1, 0.15) is 16.1 Å². The maximum atomic E-state index is 12.2. The predicted molar refractivity (Wildman–Crippen MR) is 74.6 cm³/mol. The Bertz CT molecular complexity index is 622. The third kappa shape index (κ3) is 3.12. The number of hydrogen-bond donors (Lipinski definition) is 1. The number of benzene rings is 1. The number of methoxy groups -OCH3 is 2. The van der Waals surface area contributed by atoms with Gasteiger partial charge < -0.3 is 9.47 Å².